The van der Waals surface area contributed by atoms with Gasteiger partial charge in [-0.25, -0.2) is 18.4 Å². The Morgan fingerprint density at radius 1 is 1.33 bits per heavy atom. The Morgan fingerprint density at radius 2 is 2.00 bits per heavy atom. The van der Waals surface area contributed by atoms with Crippen LogP contribution in [0.15, 0.2) is 23.1 Å². The zero-order valence-electron chi connectivity index (χ0n) is 16.1. The zero-order valence-corrected chi connectivity index (χ0v) is 16.9. The summed E-state index contributed by atoms with van der Waals surface area (Å²) in [5.74, 6) is -0.0979. The average molecular weight is 400 g/mol. The van der Waals surface area contributed by atoms with Crippen LogP contribution in [0, 0.1) is 5.92 Å². The number of nitrogens with zero attached hydrogens (tertiary/aromatic N) is 1. The lowest BCUT2D eigenvalue weighted by Crippen LogP contribution is -2.47. The zero-order chi connectivity index (χ0) is 20.0. The number of morpholine rings is 1. The van der Waals surface area contributed by atoms with Crippen LogP contribution in [0.25, 0.3) is 0 Å². The van der Waals surface area contributed by atoms with Crippen LogP contribution in [0.1, 0.15) is 30.6 Å². The minimum absolute atomic E-state index is 0.125. The van der Waals surface area contributed by atoms with Crippen LogP contribution in [-0.2, 0) is 19.5 Å². The molecule has 0 radical (unpaired) electrons. The molecule has 1 saturated heterocycles. The second-order valence-electron chi connectivity index (χ2n) is 7.06. The molecule has 1 aromatic rings. The van der Waals surface area contributed by atoms with Gasteiger partial charge in [-0.2, -0.15) is 0 Å². The van der Waals surface area contributed by atoms with Crippen molar-refractivity contribution in [1.29, 1.82) is 0 Å². The van der Waals surface area contributed by atoms with Crippen molar-refractivity contribution in [2.45, 2.75) is 31.2 Å². The maximum atomic E-state index is 12.1. The molecule has 0 aromatic heterocycles. The number of sulfonamides is 1. The predicted octanol–water partition coefficient (Wildman–Crippen LogP) is 1.28. The van der Waals surface area contributed by atoms with E-state index >= 15 is 0 Å². The Hall–Kier alpha value is -1.68. The van der Waals surface area contributed by atoms with Crippen molar-refractivity contribution in [1.82, 2.24) is 4.90 Å². The number of hydrogen-bond acceptors (Lipinski definition) is 7. The van der Waals surface area contributed by atoms with Gasteiger partial charge in [0.1, 0.15) is 0 Å². The Bertz CT molecular complexity index is 745. The molecular formula is C18H29N3O5S. The number of nitrogens with one attached hydrogen (secondary N) is 1. The van der Waals surface area contributed by atoms with Crippen molar-refractivity contribution >= 4 is 21.7 Å². The number of methoxy groups -OCH3 is 1. The molecule has 0 spiro atoms. The summed E-state index contributed by atoms with van der Waals surface area (Å²) in [6, 6.07) is 4.46. The van der Waals surface area contributed by atoms with Crippen LogP contribution in [0.4, 0.5) is 5.69 Å². The summed E-state index contributed by atoms with van der Waals surface area (Å²) >= 11 is 0. The summed E-state index contributed by atoms with van der Waals surface area (Å²) in [5.41, 5.74) is 0.672. The number of carbonyl (C=O) groups excluding carboxylic acids is 1. The van der Waals surface area contributed by atoms with Gasteiger partial charge < -0.3 is 14.8 Å². The first-order chi connectivity index (χ1) is 12.7. The molecule has 9 heteroatoms. The first-order valence-corrected chi connectivity index (χ1v) is 10.6. The number of benzene rings is 1. The summed E-state index contributed by atoms with van der Waals surface area (Å²) in [6.45, 7) is 8.13. The van der Waals surface area contributed by atoms with Crippen molar-refractivity contribution < 1.29 is 22.7 Å². The lowest BCUT2D eigenvalue weighted by atomic mass is 10.0. The molecule has 0 amide bonds. The molecule has 1 aromatic carbocycles. The van der Waals surface area contributed by atoms with Crippen LogP contribution < -0.4 is 10.5 Å². The fraction of sp³-hybridized carbons (Fsp3) is 0.611. The number of anilines is 1. The molecule has 0 saturated carbocycles. The Labute approximate surface area is 161 Å². The van der Waals surface area contributed by atoms with Gasteiger partial charge in [-0.15, -0.1) is 0 Å². The number of carbonyl (C=O) groups is 1. The van der Waals surface area contributed by atoms with Gasteiger partial charge in [0.2, 0.25) is 10.0 Å². The van der Waals surface area contributed by atoms with Crippen LogP contribution in [-0.4, -0.2) is 65.3 Å². The smallest absolute Gasteiger partial charge is 0.340 e. The molecule has 1 aliphatic heterocycles. The van der Waals surface area contributed by atoms with E-state index in [0.29, 0.717) is 31.4 Å². The molecule has 0 aliphatic carbocycles. The third kappa shape index (κ3) is 6.17. The molecule has 0 bridgehead atoms. The molecule has 1 heterocycles. The Morgan fingerprint density at radius 3 is 2.56 bits per heavy atom. The van der Waals surface area contributed by atoms with Crippen LogP contribution in [0.5, 0.6) is 0 Å². The van der Waals surface area contributed by atoms with Crippen molar-refractivity contribution in [3.8, 4) is 0 Å². The van der Waals surface area contributed by atoms with Gasteiger partial charge >= 0.3 is 5.97 Å². The molecule has 1 aliphatic rings. The van der Waals surface area contributed by atoms with E-state index in [-0.39, 0.29) is 16.5 Å². The van der Waals surface area contributed by atoms with Gasteiger partial charge in [-0.1, -0.05) is 13.8 Å². The Kier molecular flexibility index (Phi) is 7.60. The second kappa shape index (κ2) is 9.50. The number of ether oxygens (including phenoxy) is 2. The normalized spacial score (nSPS) is 16.9. The minimum Gasteiger partial charge on any atom is -0.465 e. The highest BCUT2D eigenvalue weighted by Crippen LogP contribution is 2.22. The molecule has 1 atom stereocenters. The van der Waals surface area contributed by atoms with Crippen LogP contribution in [0.3, 0.4) is 0 Å². The molecule has 27 heavy (non-hydrogen) atoms. The second-order valence-corrected chi connectivity index (χ2v) is 8.62. The first-order valence-electron chi connectivity index (χ1n) is 9.03. The summed E-state index contributed by atoms with van der Waals surface area (Å²) in [6.07, 6.45) is 0.996. The largest absolute Gasteiger partial charge is 0.465 e. The lowest BCUT2D eigenvalue weighted by molar-refractivity contribution is 0.0151. The molecule has 1 fully saturated rings. The van der Waals surface area contributed by atoms with Gasteiger partial charge in [0.15, 0.2) is 0 Å². The lowest BCUT2D eigenvalue weighted by Gasteiger charge is -2.35. The minimum atomic E-state index is -3.91. The van der Waals surface area contributed by atoms with E-state index in [1.807, 2.05) is 0 Å². The van der Waals surface area contributed by atoms with Crippen molar-refractivity contribution in [3.63, 3.8) is 0 Å². The molecule has 3 N–H and O–H groups in total. The van der Waals surface area contributed by atoms with E-state index in [1.54, 1.807) is 6.07 Å². The molecule has 152 valence electrons. The monoisotopic (exact) mass is 399 g/mol. The van der Waals surface area contributed by atoms with Gasteiger partial charge in [0.05, 0.1) is 30.8 Å². The topological polar surface area (TPSA) is 111 Å². The average Bonchev–Trinajstić information content (AvgIpc) is 2.64. The third-order valence-electron chi connectivity index (χ3n) is 4.56. The van der Waals surface area contributed by atoms with Crippen molar-refractivity contribution in [3.05, 3.63) is 23.8 Å². The third-order valence-corrected chi connectivity index (χ3v) is 5.47. The summed E-state index contributed by atoms with van der Waals surface area (Å²) < 4.78 is 33.4. The van der Waals surface area contributed by atoms with E-state index in [1.165, 1.54) is 19.2 Å². The highest BCUT2D eigenvalue weighted by Gasteiger charge is 2.23. The highest BCUT2D eigenvalue weighted by atomic mass is 32.2. The molecule has 2 rings (SSSR count). The first kappa shape index (κ1) is 21.6. The fourth-order valence-electron chi connectivity index (χ4n) is 3.21. The summed E-state index contributed by atoms with van der Waals surface area (Å²) in [7, 11) is -2.65. The highest BCUT2D eigenvalue weighted by molar-refractivity contribution is 7.89. The van der Waals surface area contributed by atoms with E-state index in [4.69, 9.17) is 14.6 Å². The summed E-state index contributed by atoms with van der Waals surface area (Å²) in [4.78, 5) is 14.4. The van der Waals surface area contributed by atoms with E-state index in [9.17, 15) is 13.2 Å². The molecular weight excluding hydrogens is 370 g/mol. The standard InChI is InChI=1S/C18H29N3O5S/c1-13(2)10-14(21-6-8-26-9-7-21)12-20-17-5-4-15(27(19,23)24)11-16(17)18(22)25-3/h4-5,11,13-14,20H,6-10,12H2,1-3H3,(H2,19,23,24). The quantitative estimate of drug-likeness (QED) is 0.634. The van der Waals surface area contributed by atoms with E-state index < -0.39 is 16.0 Å². The molecule has 8 nitrogen and oxygen atoms in total. The van der Waals surface area contributed by atoms with Crippen LogP contribution >= 0.6 is 0 Å². The maximum absolute atomic E-state index is 12.1. The Balaban J connectivity index is 2.21. The number of nitrogens with two attached hydrogens (primary N) is 1. The van der Waals surface area contributed by atoms with Gasteiger partial charge in [0, 0.05) is 31.4 Å². The van der Waals surface area contributed by atoms with E-state index in [2.05, 4.69) is 24.1 Å². The number of primary sulfonamides is 1. The van der Waals surface area contributed by atoms with Gasteiger partial charge in [-0.3, -0.25) is 4.90 Å². The fourth-order valence-corrected chi connectivity index (χ4v) is 3.75. The number of rotatable bonds is 8. The summed E-state index contributed by atoms with van der Waals surface area (Å²) in [5, 5.41) is 8.46. The molecule has 1 unspecified atom stereocenters. The van der Waals surface area contributed by atoms with Gasteiger partial charge in [0.25, 0.3) is 0 Å². The van der Waals surface area contributed by atoms with Gasteiger partial charge in [-0.05, 0) is 30.5 Å². The van der Waals surface area contributed by atoms with Crippen molar-refractivity contribution in [2.24, 2.45) is 11.1 Å². The number of esters is 1. The predicted molar refractivity (Wildman–Crippen MR) is 103 cm³/mol. The van der Waals surface area contributed by atoms with Crippen molar-refractivity contribution in [2.75, 3.05) is 45.3 Å². The maximum Gasteiger partial charge on any atom is 0.340 e. The SMILES string of the molecule is COC(=O)c1cc(S(N)(=O)=O)ccc1NCC(CC(C)C)N1CCOCC1. The number of hydrogen-bond donors (Lipinski definition) is 2. The van der Waals surface area contributed by atoms with E-state index in [0.717, 1.165) is 19.5 Å². The van der Waals surface area contributed by atoms with Crippen LogP contribution in [0.2, 0.25) is 0 Å².